The van der Waals surface area contributed by atoms with Gasteiger partial charge in [-0.25, -0.2) is 4.98 Å². The van der Waals surface area contributed by atoms with Crippen molar-refractivity contribution in [2.24, 2.45) is 0 Å². The molecule has 1 aromatic carbocycles. The quantitative estimate of drug-likeness (QED) is 0.694. The number of benzene rings is 1. The molecule has 20 heavy (non-hydrogen) atoms. The first-order valence-corrected chi connectivity index (χ1v) is 6.88. The summed E-state index contributed by atoms with van der Waals surface area (Å²) in [5, 5.41) is 3.62. The normalized spacial score (nSPS) is 13.0. The van der Waals surface area contributed by atoms with E-state index in [0.29, 0.717) is 18.3 Å². The van der Waals surface area contributed by atoms with Crippen molar-refractivity contribution in [3.05, 3.63) is 41.3 Å². The Hall–Kier alpha value is -1.88. The third-order valence-corrected chi connectivity index (χ3v) is 3.35. The van der Waals surface area contributed by atoms with Gasteiger partial charge in [0.15, 0.2) is 5.82 Å². The largest absolute Gasteiger partial charge is 0.337 e. The summed E-state index contributed by atoms with van der Waals surface area (Å²) in [7, 11) is 0. The predicted octanol–water partition coefficient (Wildman–Crippen LogP) is 3.38. The Labute approximate surface area is 121 Å². The van der Waals surface area contributed by atoms with Crippen LogP contribution in [0.15, 0.2) is 22.7 Å². The lowest BCUT2D eigenvalue weighted by Gasteiger charge is -2.07. The molecule has 0 radical (unpaired) electrons. The van der Waals surface area contributed by atoms with Crippen LogP contribution in [-0.4, -0.2) is 19.7 Å². The van der Waals surface area contributed by atoms with Crippen LogP contribution in [-0.2, 0) is 6.54 Å². The van der Waals surface area contributed by atoms with Crippen LogP contribution in [0.3, 0.4) is 0 Å². The number of nitrogens with zero attached hydrogens (tertiary/aromatic N) is 4. The molecular formula is C14H15ClN4O. The number of fused-ring (bicyclic) bond motifs is 1. The lowest BCUT2D eigenvalue weighted by Crippen LogP contribution is -2.06. The molecule has 0 aliphatic rings. The Morgan fingerprint density at radius 2 is 2.10 bits per heavy atom. The minimum absolute atomic E-state index is 0.188. The number of rotatable bonds is 3. The lowest BCUT2D eigenvalue weighted by atomic mass is 10.2. The van der Waals surface area contributed by atoms with Crippen molar-refractivity contribution in [3.8, 4) is 0 Å². The van der Waals surface area contributed by atoms with E-state index in [-0.39, 0.29) is 5.38 Å². The molecule has 0 aliphatic heterocycles. The van der Waals surface area contributed by atoms with E-state index in [0.717, 1.165) is 16.9 Å². The molecule has 0 N–H and O–H groups in total. The molecule has 0 bridgehead atoms. The first-order chi connectivity index (χ1) is 9.54. The molecule has 0 spiro atoms. The molecule has 0 fully saturated rings. The SMILES string of the molecule is Cc1ccc2c(c1)nc(C(C)Cl)n2Cc1nc(C)no1. The topological polar surface area (TPSA) is 56.7 Å². The van der Waals surface area contributed by atoms with Crippen LogP contribution in [0.25, 0.3) is 11.0 Å². The molecule has 0 saturated heterocycles. The summed E-state index contributed by atoms with van der Waals surface area (Å²) >= 11 is 6.24. The van der Waals surface area contributed by atoms with E-state index in [2.05, 4.69) is 21.2 Å². The minimum atomic E-state index is -0.188. The van der Waals surface area contributed by atoms with Crippen LogP contribution in [0.2, 0.25) is 0 Å². The highest BCUT2D eigenvalue weighted by molar-refractivity contribution is 6.20. The zero-order chi connectivity index (χ0) is 14.3. The van der Waals surface area contributed by atoms with Crippen LogP contribution in [0.4, 0.5) is 0 Å². The summed E-state index contributed by atoms with van der Waals surface area (Å²) < 4.78 is 7.22. The van der Waals surface area contributed by atoms with Crippen molar-refractivity contribution >= 4 is 22.6 Å². The molecule has 104 valence electrons. The van der Waals surface area contributed by atoms with Gasteiger partial charge in [0.05, 0.1) is 16.4 Å². The molecule has 1 atom stereocenters. The smallest absolute Gasteiger partial charge is 0.246 e. The molecule has 0 amide bonds. The highest BCUT2D eigenvalue weighted by Gasteiger charge is 2.17. The van der Waals surface area contributed by atoms with E-state index in [1.54, 1.807) is 6.92 Å². The fourth-order valence-electron chi connectivity index (χ4n) is 2.27. The standard InChI is InChI=1S/C14H15ClN4O/c1-8-4-5-12-11(6-8)17-14(9(2)15)19(12)7-13-16-10(3)18-20-13/h4-6,9H,7H2,1-3H3. The Morgan fingerprint density at radius 3 is 2.75 bits per heavy atom. The van der Waals surface area contributed by atoms with Crippen LogP contribution < -0.4 is 0 Å². The zero-order valence-corrected chi connectivity index (χ0v) is 12.3. The summed E-state index contributed by atoms with van der Waals surface area (Å²) in [6.07, 6.45) is 0. The van der Waals surface area contributed by atoms with Crippen molar-refractivity contribution in [2.75, 3.05) is 0 Å². The van der Waals surface area contributed by atoms with Crippen LogP contribution in [0.5, 0.6) is 0 Å². The van der Waals surface area contributed by atoms with Gasteiger partial charge in [-0.05, 0) is 38.5 Å². The molecule has 6 heteroatoms. The Kier molecular flexibility index (Phi) is 3.22. The maximum atomic E-state index is 6.24. The van der Waals surface area contributed by atoms with E-state index in [1.807, 2.05) is 30.5 Å². The van der Waals surface area contributed by atoms with Gasteiger partial charge in [0.25, 0.3) is 0 Å². The van der Waals surface area contributed by atoms with Crippen LogP contribution >= 0.6 is 11.6 Å². The van der Waals surface area contributed by atoms with E-state index in [9.17, 15) is 0 Å². The van der Waals surface area contributed by atoms with Gasteiger partial charge in [0.2, 0.25) is 5.89 Å². The van der Waals surface area contributed by atoms with E-state index >= 15 is 0 Å². The average Bonchev–Trinajstić information content (AvgIpc) is 2.94. The number of hydrogen-bond acceptors (Lipinski definition) is 4. The summed E-state index contributed by atoms with van der Waals surface area (Å²) in [6, 6.07) is 6.15. The van der Waals surface area contributed by atoms with Gasteiger partial charge >= 0.3 is 0 Å². The molecule has 2 heterocycles. The van der Waals surface area contributed by atoms with Crippen molar-refractivity contribution in [1.82, 2.24) is 19.7 Å². The van der Waals surface area contributed by atoms with Crippen molar-refractivity contribution in [3.63, 3.8) is 0 Å². The summed E-state index contributed by atoms with van der Waals surface area (Å²) in [4.78, 5) is 8.86. The first kappa shape index (κ1) is 13.1. The minimum Gasteiger partial charge on any atom is -0.337 e. The van der Waals surface area contributed by atoms with Crippen molar-refractivity contribution in [1.29, 1.82) is 0 Å². The molecule has 5 nitrogen and oxygen atoms in total. The molecule has 0 saturated carbocycles. The number of halogens is 1. The molecule has 2 aromatic heterocycles. The van der Waals surface area contributed by atoms with Crippen LogP contribution in [0.1, 0.15) is 35.4 Å². The zero-order valence-electron chi connectivity index (χ0n) is 11.6. The van der Waals surface area contributed by atoms with Crippen molar-refractivity contribution < 1.29 is 4.52 Å². The lowest BCUT2D eigenvalue weighted by molar-refractivity contribution is 0.367. The van der Waals surface area contributed by atoms with Gasteiger partial charge in [0.1, 0.15) is 12.4 Å². The fraction of sp³-hybridized carbons (Fsp3) is 0.357. The molecule has 3 rings (SSSR count). The highest BCUT2D eigenvalue weighted by atomic mass is 35.5. The third-order valence-electron chi connectivity index (χ3n) is 3.15. The second-order valence-electron chi connectivity index (χ2n) is 4.90. The summed E-state index contributed by atoms with van der Waals surface area (Å²) in [5.41, 5.74) is 3.13. The van der Waals surface area contributed by atoms with Gasteiger partial charge in [-0.2, -0.15) is 4.98 Å². The molecule has 0 aliphatic carbocycles. The maximum Gasteiger partial charge on any atom is 0.246 e. The van der Waals surface area contributed by atoms with E-state index in [4.69, 9.17) is 16.1 Å². The van der Waals surface area contributed by atoms with Gasteiger partial charge in [-0.1, -0.05) is 11.2 Å². The number of aryl methyl sites for hydroxylation is 2. The predicted molar refractivity (Wildman–Crippen MR) is 76.9 cm³/mol. The Morgan fingerprint density at radius 1 is 1.30 bits per heavy atom. The molecule has 3 aromatic rings. The average molecular weight is 291 g/mol. The molecule has 1 unspecified atom stereocenters. The maximum absolute atomic E-state index is 6.24. The fourth-order valence-corrected chi connectivity index (χ4v) is 2.43. The third kappa shape index (κ3) is 2.29. The van der Waals surface area contributed by atoms with Gasteiger partial charge in [0, 0.05) is 0 Å². The second kappa shape index (κ2) is 4.90. The number of aromatic nitrogens is 4. The van der Waals surface area contributed by atoms with Gasteiger partial charge in [-0.15, -0.1) is 11.6 Å². The van der Waals surface area contributed by atoms with Gasteiger partial charge < -0.3 is 9.09 Å². The Balaban J connectivity index is 2.13. The summed E-state index contributed by atoms with van der Waals surface area (Å²) in [5.74, 6) is 1.99. The number of alkyl halides is 1. The van der Waals surface area contributed by atoms with E-state index in [1.165, 1.54) is 5.56 Å². The highest BCUT2D eigenvalue weighted by Crippen LogP contribution is 2.26. The monoisotopic (exact) mass is 290 g/mol. The van der Waals surface area contributed by atoms with Crippen molar-refractivity contribution in [2.45, 2.75) is 32.7 Å². The van der Waals surface area contributed by atoms with Crippen LogP contribution in [0, 0.1) is 13.8 Å². The summed E-state index contributed by atoms with van der Waals surface area (Å²) in [6.45, 7) is 6.23. The number of imidazole rings is 1. The Bertz CT molecular complexity index is 760. The number of hydrogen-bond donors (Lipinski definition) is 0. The second-order valence-corrected chi connectivity index (χ2v) is 5.55. The first-order valence-electron chi connectivity index (χ1n) is 6.44. The molecular weight excluding hydrogens is 276 g/mol. The van der Waals surface area contributed by atoms with E-state index < -0.39 is 0 Å². The van der Waals surface area contributed by atoms with Gasteiger partial charge in [-0.3, -0.25) is 0 Å².